The van der Waals surface area contributed by atoms with Crippen LogP contribution in [-0.4, -0.2) is 31.4 Å². The van der Waals surface area contributed by atoms with Crippen LogP contribution in [0.1, 0.15) is 65.0 Å². The third-order valence-corrected chi connectivity index (χ3v) is 22.7. The molecule has 0 amide bonds. The number of hydrogen-bond acceptors (Lipinski definition) is 1. The first-order valence-electron chi connectivity index (χ1n) is 10.5. The topological polar surface area (TPSA) is 12.9 Å². The molecule has 3 heteroatoms. The van der Waals surface area contributed by atoms with Crippen LogP contribution in [-0.2, 0) is 0 Å². The van der Waals surface area contributed by atoms with Gasteiger partial charge in [0.25, 0.3) is 0 Å². The van der Waals surface area contributed by atoms with Crippen LogP contribution in [0.5, 0.6) is 0 Å². The molecule has 0 aliphatic rings. The molecule has 1 heterocycles. The van der Waals surface area contributed by atoms with E-state index in [0.29, 0.717) is 0 Å². The van der Waals surface area contributed by atoms with E-state index in [0.717, 1.165) is 0 Å². The molecular formula is C22H41NSiSn. The van der Waals surface area contributed by atoms with Crippen molar-refractivity contribution in [2.45, 2.75) is 92.2 Å². The maximum atomic E-state index is 4.86. The minimum atomic E-state index is -2.44. The van der Waals surface area contributed by atoms with Gasteiger partial charge in [0.2, 0.25) is 0 Å². The van der Waals surface area contributed by atoms with Gasteiger partial charge in [-0.05, 0) is 0 Å². The van der Waals surface area contributed by atoms with Crippen LogP contribution in [0.2, 0.25) is 33.0 Å². The second-order valence-corrected chi connectivity index (χ2v) is 26.9. The molecule has 0 bridgehead atoms. The van der Waals surface area contributed by atoms with Crippen molar-refractivity contribution in [3.8, 4) is 0 Å². The van der Waals surface area contributed by atoms with Gasteiger partial charge in [0, 0.05) is 0 Å². The van der Waals surface area contributed by atoms with Gasteiger partial charge >= 0.3 is 163 Å². The number of rotatable bonds is 12. The van der Waals surface area contributed by atoms with Crippen LogP contribution in [0.25, 0.3) is 3.59 Å². The zero-order valence-electron chi connectivity index (χ0n) is 17.7. The zero-order chi connectivity index (χ0) is 18.8. The predicted molar refractivity (Wildman–Crippen MR) is 120 cm³/mol. The predicted octanol–water partition coefficient (Wildman–Crippen LogP) is 7.73. The fourth-order valence-corrected chi connectivity index (χ4v) is 26.7. The first-order valence-corrected chi connectivity index (χ1v) is 21.6. The summed E-state index contributed by atoms with van der Waals surface area (Å²) in [6.45, 7) is 14.6. The van der Waals surface area contributed by atoms with Crippen molar-refractivity contribution in [2.24, 2.45) is 0 Å². The van der Waals surface area contributed by atoms with Gasteiger partial charge in [-0.1, -0.05) is 0 Å². The summed E-state index contributed by atoms with van der Waals surface area (Å²) < 4.78 is 6.36. The van der Waals surface area contributed by atoms with E-state index in [9.17, 15) is 0 Å². The molecule has 0 saturated carbocycles. The van der Waals surface area contributed by atoms with Gasteiger partial charge in [-0.15, -0.1) is 0 Å². The van der Waals surface area contributed by atoms with Crippen molar-refractivity contribution >= 4 is 30.0 Å². The Morgan fingerprint density at radius 2 is 1.44 bits per heavy atom. The van der Waals surface area contributed by atoms with E-state index in [1.165, 1.54) is 57.5 Å². The molecule has 0 unspecified atom stereocenters. The quantitative estimate of drug-likeness (QED) is 0.287. The number of pyridine rings is 1. The van der Waals surface area contributed by atoms with E-state index in [4.69, 9.17) is 4.98 Å². The normalized spacial score (nSPS) is 13.3. The standard InChI is InChI=1S/C10H14NSi.3C4H9.Sn/c1-12(2,3)9-7-10-6-4-5-8-11-10;3*1-3-4-2;/h4-6,8-9H,1-3H3;3*1,3-4H2,2H3;. The molecule has 142 valence electrons. The fourth-order valence-electron chi connectivity index (χ4n) is 3.78. The van der Waals surface area contributed by atoms with Crippen molar-refractivity contribution in [3.05, 3.63) is 35.8 Å². The second-order valence-electron chi connectivity index (χ2n) is 8.73. The summed E-state index contributed by atoms with van der Waals surface area (Å²) in [6.07, 6.45) is 10.2. The maximum absolute atomic E-state index is 4.86. The average Bonchev–Trinajstić information content (AvgIpc) is 2.60. The van der Waals surface area contributed by atoms with Gasteiger partial charge in [0.05, 0.1) is 0 Å². The fraction of sp³-hybridized carbons (Fsp3) is 0.682. The van der Waals surface area contributed by atoms with Crippen LogP contribution in [0.3, 0.4) is 0 Å². The molecule has 0 atom stereocenters. The molecular weight excluding hydrogens is 425 g/mol. The van der Waals surface area contributed by atoms with Gasteiger partial charge in [-0.2, -0.15) is 0 Å². The number of nitrogens with zero attached hydrogens (tertiary/aromatic N) is 1. The first-order chi connectivity index (χ1) is 11.9. The Labute approximate surface area is 162 Å². The van der Waals surface area contributed by atoms with Crippen LogP contribution in [0, 0.1) is 0 Å². The molecule has 1 nitrogen and oxygen atoms in total. The molecule has 0 aliphatic carbocycles. The summed E-state index contributed by atoms with van der Waals surface area (Å²) in [6, 6.07) is 6.55. The van der Waals surface area contributed by atoms with E-state index in [1.807, 2.05) is 6.20 Å². The summed E-state index contributed by atoms with van der Waals surface area (Å²) in [5.74, 6) is 0. The van der Waals surface area contributed by atoms with Crippen LogP contribution >= 0.6 is 0 Å². The summed E-state index contributed by atoms with van der Waals surface area (Å²) in [5, 5.41) is 0. The van der Waals surface area contributed by atoms with Crippen LogP contribution in [0.4, 0.5) is 0 Å². The summed E-state index contributed by atoms with van der Waals surface area (Å²) in [7, 11) is -1.28. The van der Waals surface area contributed by atoms with Crippen LogP contribution in [0.15, 0.2) is 30.1 Å². The molecule has 0 aliphatic heterocycles. The summed E-state index contributed by atoms with van der Waals surface area (Å²) >= 11 is -2.44. The Morgan fingerprint density at radius 1 is 0.920 bits per heavy atom. The van der Waals surface area contributed by atoms with Crippen molar-refractivity contribution in [1.29, 1.82) is 0 Å². The molecule has 1 rings (SSSR count). The Bertz CT molecular complexity index is 483. The molecule has 0 N–H and O–H groups in total. The molecule has 0 radical (unpaired) electrons. The van der Waals surface area contributed by atoms with Gasteiger partial charge in [-0.25, -0.2) is 0 Å². The summed E-state index contributed by atoms with van der Waals surface area (Å²) in [5.41, 5.74) is 4.08. The molecule has 25 heavy (non-hydrogen) atoms. The first kappa shape index (κ1) is 22.9. The summed E-state index contributed by atoms with van der Waals surface area (Å²) in [4.78, 5) is 4.86. The van der Waals surface area contributed by atoms with E-state index in [-0.39, 0.29) is 0 Å². The average molecular weight is 466 g/mol. The number of aromatic nitrogens is 1. The molecule has 0 saturated heterocycles. The Balaban J connectivity index is 3.45. The van der Waals surface area contributed by atoms with Gasteiger partial charge < -0.3 is 0 Å². The van der Waals surface area contributed by atoms with Crippen molar-refractivity contribution in [1.82, 2.24) is 4.98 Å². The molecule has 0 aromatic carbocycles. The van der Waals surface area contributed by atoms with Crippen molar-refractivity contribution in [3.63, 3.8) is 0 Å². The molecule has 0 spiro atoms. The molecule has 0 fully saturated rings. The minimum absolute atomic E-state index is 1.28. The third kappa shape index (κ3) is 7.98. The van der Waals surface area contributed by atoms with Crippen molar-refractivity contribution < 1.29 is 0 Å². The Morgan fingerprint density at radius 3 is 1.80 bits per heavy atom. The van der Waals surface area contributed by atoms with Gasteiger partial charge in [-0.3, -0.25) is 0 Å². The zero-order valence-corrected chi connectivity index (χ0v) is 21.6. The SMILES string of the molecule is CCC[CH2][Sn]([CH2]CCC)([CH2]CCC)/[C](=C\[Si](C)(C)C)c1ccccn1. The third-order valence-electron chi connectivity index (χ3n) is 5.12. The Kier molecular flexibility index (Phi) is 10.6. The monoisotopic (exact) mass is 467 g/mol. The van der Waals surface area contributed by atoms with Crippen molar-refractivity contribution in [2.75, 3.05) is 0 Å². The number of unbranched alkanes of at least 4 members (excludes halogenated alkanes) is 3. The second kappa shape index (κ2) is 11.6. The van der Waals surface area contributed by atoms with E-state index in [1.54, 1.807) is 3.59 Å². The number of hydrogen-bond donors (Lipinski definition) is 0. The molecule has 1 aromatic heterocycles. The van der Waals surface area contributed by atoms with E-state index >= 15 is 0 Å². The van der Waals surface area contributed by atoms with Crippen LogP contribution < -0.4 is 0 Å². The molecule has 1 aromatic rings. The van der Waals surface area contributed by atoms with E-state index in [2.05, 4.69) is 64.3 Å². The van der Waals surface area contributed by atoms with E-state index < -0.39 is 26.5 Å². The van der Waals surface area contributed by atoms with Gasteiger partial charge in [0.15, 0.2) is 0 Å². The Hall–Kier alpha value is -0.0944. The van der Waals surface area contributed by atoms with Gasteiger partial charge in [0.1, 0.15) is 0 Å².